The Balaban J connectivity index is 1.72. The van der Waals surface area contributed by atoms with Crippen LogP contribution in [0.5, 0.6) is 0 Å². The summed E-state index contributed by atoms with van der Waals surface area (Å²) < 4.78 is 0. The van der Waals surface area contributed by atoms with Gasteiger partial charge in [0.15, 0.2) is 0 Å². The van der Waals surface area contributed by atoms with Gasteiger partial charge in [-0.15, -0.1) is 0 Å². The first kappa shape index (κ1) is 17.0. The van der Waals surface area contributed by atoms with Crippen LogP contribution in [0.15, 0.2) is 120 Å². The largest absolute Gasteiger partial charge is 0.0802 e. The lowest BCUT2D eigenvalue weighted by Gasteiger charge is -2.20. The van der Waals surface area contributed by atoms with Gasteiger partial charge in [-0.3, -0.25) is 0 Å². The fourth-order valence-corrected chi connectivity index (χ4v) is 4.22. The third-order valence-corrected chi connectivity index (χ3v) is 5.81. The van der Waals surface area contributed by atoms with Gasteiger partial charge in [0.2, 0.25) is 0 Å². The zero-order chi connectivity index (χ0) is 18.8. The summed E-state index contributed by atoms with van der Waals surface area (Å²) in [6.45, 7) is 0. The number of allylic oxidation sites excluding steroid dienone is 5. The highest BCUT2D eigenvalue weighted by molar-refractivity contribution is 5.85. The van der Waals surface area contributed by atoms with E-state index in [0.29, 0.717) is 0 Å². The molecule has 0 amide bonds. The van der Waals surface area contributed by atoms with Crippen molar-refractivity contribution < 1.29 is 0 Å². The van der Waals surface area contributed by atoms with Crippen molar-refractivity contribution in [3.8, 4) is 0 Å². The Labute approximate surface area is 167 Å². The molecule has 3 aromatic rings. The van der Waals surface area contributed by atoms with Crippen molar-refractivity contribution in [2.75, 3.05) is 0 Å². The normalized spacial score (nSPS) is 19.5. The van der Waals surface area contributed by atoms with E-state index in [4.69, 9.17) is 0 Å². The second-order valence-electron chi connectivity index (χ2n) is 7.79. The lowest BCUT2D eigenvalue weighted by Crippen LogP contribution is -2.03. The molecular formula is C28H24. The second kappa shape index (κ2) is 7.48. The first-order chi connectivity index (χ1) is 13.9. The van der Waals surface area contributed by atoms with E-state index in [1.54, 1.807) is 0 Å². The number of benzene rings is 3. The van der Waals surface area contributed by atoms with E-state index < -0.39 is 0 Å². The molecular weight excluding hydrogens is 336 g/mol. The van der Waals surface area contributed by atoms with Crippen LogP contribution in [0.1, 0.15) is 23.1 Å². The number of rotatable bonds is 5. The predicted molar refractivity (Wildman–Crippen MR) is 118 cm³/mol. The molecule has 0 aromatic heterocycles. The molecule has 0 bridgehead atoms. The monoisotopic (exact) mass is 360 g/mol. The van der Waals surface area contributed by atoms with Crippen LogP contribution >= 0.6 is 0 Å². The topological polar surface area (TPSA) is 0 Å². The predicted octanol–water partition coefficient (Wildman–Crippen LogP) is 6.86. The van der Waals surface area contributed by atoms with E-state index in [9.17, 15) is 0 Å². The molecule has 2 unspecified atom stereocenters. The lowest BCUT2D eigenvalue weighted by molar-refractivity contribution is 0.960. The van der Waals surface area contributed by atoms with Gasteiger partial charge in [-0.2, -0.15) is 0 Å². The van der Waals surface area contributed by atoms with Gasteiger partial charge >= 0.3 is 0 Å². The average Bonchev–Trinajstić information content (AvgIpc) is 3.54. The first-order valence-corrected chi connectivity index (χ1v) is 10.2. The van der Waals surface area contributed by atoms with Crippen molar-refractivity contribution >= 4 is 5.57 Å². The molecule has 0 aliphatic heterocycles. The average molecular weight is 361 g/mol. The van der Waals surface area contributed by atoms with Crippen molar-refractivity contribution in [2.45, 2.75) is 12.8 Å². The van der Waals surface area contributed by atoms with Crippen LogP contribution in [-0.4, -0.2) is 0 Å². The minimum atomic E-state index is 0.735. The van der Waals surface area contributed by atoms with Crippen LogP contribution in [0.25, 0.3) is 5.57 Å². The summed E-state index contributed by atoms with van der Waals surface area (Å²) >= 11 is 0. The molecule has 0 radical (unpaired) electrons. The zero-order valence-corrected chi connectivity index (χ0v) is 16.0. The van der Waals surface area contributed by atoms with E-state index in [0.717, 1.165) is 18.3 Å². The van der Waals surface area contributed by atoms with Crippen LogP contribution in [0.4, 0.5) is 0 Å². The fraction of sp³-hybridized carbons (Fsp3) is 0.143. The molecule has 3 aromatic carbocycles. The summed E-state index contributed by atoms with van der Waals surface area (Å²) in [5.74, 6) is 1.51. The summed E-state index contributed by atoms with van der Waals surface area (Å²) in [6.07, 6.45) is 9.53. The van der Waals surface area contributed by atoms with Crippen molar-refractivity contribution in [1.82, 2.24) is 0 Å². The maximum atomic E-state index is 2.51. The number of hydrogen-bond acceptors (Lipinski definition) is 0. The van der Waals surface area contributed by atoms with Gasteiger partial charge in [-0.25, -0.2) is 0 Å². The summed E-state index contributed by atoms with van der Waals surface area (Å²) in [4.78, 5) is 0. The van der Waals surface area contributed by atoms with Crippen LogP contribution < -0.4 is 0 Å². The molecule has 5 rings (SSSR count). The Morgan fingerprint density at radius 2 is 1.25 bits per heavy atom. The summed E-state index contributed by atoms with van der Waals surface area (Å²) in [7, 11) is 0. The van der Waals surface area contributed by atoms with E-state index in [1.807, 2.05) is 0 Å². The summed E-state index contributed by atoms with van der Waals surface area (Å²) in [5.41, 5.74) is 8.09. The quantitative estimate of drug-likeness (QED) is 0.466. The Bertz CT molecular complexity index is 995. The standard InChI is InChI=1S/C28H24/c1-4-10-21(11-5-1)18-27(25-17-16-24-19-26(24)20-25)28(22-12-6-2-7-13-22)23-14-8-3-9-15-23/h1-17,20,24,26H,18-19H2. The minimum absolute atomic E-state index is 0.735. The van der Waals surface area contributed by atoms with E-state index in [1.165, 1.54) is 39.8 Å². The maximum Gasteiger partial charge on any atom is -0.00136 e. The highest BCUT2D eigenvalue weighted by Gasteiger charge is 2.35. The third-order valence-electron chi connectivity index (χ3n) is 5.81. The molecule has 1 fully saturated rings. The molecule has 1 saturated carbocycles. The third kappa shape index (κ3) is 3.51. The van der Waals surface area contributed by atoms with Gasteiger partial charge in [-0.1, -0.05) is 109 Å². The van der Waals surface area contributed by atoms with Crippen LogP contribution in [0.2, 0.25) is 0 Å². The van der Waals surface area contributed by atoms with Crippen LogP contribution in [0.3, 0.4) is 0 Å². The SMILES string of the molecule is C1=CC2CC2C=C1C(Cc1ccccc1)=C(c1ccccc1)c1ccccc1. The lowest BCUT2D eigenvalue weighted by atomic mass is 9.84. The van der Waals surface area contributed by atoms with Crippen molar-refractivity contribution in [3.05, 3.63) is 137 Å². The molecule has 2 atom stereocenters. The van der Waals surface area contributed by atoms with Crippen LogP contribution in [0, 0.1) is 11.8 Å². The number of hydrogen-bond donors (Lipinski definition) is 0. The zero-order valence-electron chi connectivity index (χ0n) is 16.0. The highest BCUT2D eigenvalue weighted by atomic mass is 14.4. The summed E-state index contributed by atoms with van der Waals surface area (Å²) in [5, 5.41) is 0. The molecule has 0 nitrogen and oxygen atoms in total. The van der Waals surface area contributed by atoms with Gasteiger partial charge in [0.25, 0.3) is 0 Å². The maximum absolute atomic E-state index is 2.51. The first-order valence-electron chi connectivity index (χ1n) is 10.2. The van der Waals surface area contributed by atoms with Gasteiger partial charge < -0.3 is 0 Å². The molecule has 0 heteroatoms. The Morgan fingerprint density at radius 3 is 1.82 bits per heavy atom. The molecule has 0 N–H and O–H groups in total. The minimum Gasteiger partial charge on any atom is -0.0802 e. The Morgan fingerprint density at radius 1 is 0.679 bits per heavy atom. The molecule has 0 saturated heterocycles. The smallest absolute Gasteiger partial charge is 0.00136 e. The Kier molecular flexibility index (Phi) is 4.54. The van der Waals surface area contributed by atoms with Crippen molar-refractivity contribution in [1.29, 1.82) is 0 Å². The van der Waals surface area contributed by atoms with Crippen LogP contribution in [-0.2, 0) is 6.42 Å². The van der Waals surface area contributed by atoms with E-state index in [2.05, 4.69) is 109 Å². The van der Waals surface area contributed by atoms with E-state index >= 15 is 0 Å². The number of fused-ring (bicyclic) bond motifs is 1. The fourth-order valence-electron chi connectivity index (χ4n) is 4.22. The van der Waals surface area contributed by atoms with Gasteiger partial charge in [0, 0.05) is 0 Å². The molecule has 136 valence electrons. The van der Waals surface area contributed by atoms with Gasteiger partial charge in [0.1, 0.15) is 0 Å². The van der Waals surface area contributed by atoms with Crippen molar-refractivity contribution in [3.63, 3.8) is 0 Å². The Hall–Kier alpha value is -3.12. The van der Waals surface area contributed by atoms with Gasteiger partial charge in [0.05, 0.1) is 0 Å². The molecule has 2 aliphatic carbocycles. The van der Waals surface area contributed by atoms with Crippen molar-refractivity contribution in [2.24, 2.45) is 11.8 Å². The molecule has 2 aliphatic rings. The van der Waals surface area contributed by atoms with E-state index in [-0.39, 0.29) is 0 Å². The highest BCUT2D eigenvalue weighted by Crippen LogP contribution is 2.46. The molecule has 0 heterocycles. The second-order valence-corrected chi connectivity index (χ2v) is 7.79. The molecule has 0 spiro atoms. The molecule has 28 heavy (non-hydrogen) atoms. The van der Waals surface area contributed by atoms with Gasteiger partial charge in [-0.05, 0) is 58.1 Å². The summed E-state index contributed by atoms with van der Waals surface area (Å²) in [6, 6.07) is 32.5.